The first kappa shape index (κ1) is 22.2. The molecule has 0 aromatic heterocycles. The predicted molar refractivity (Wildman–Crippen MR) is 116 cm³/mol. The molecule has 30 heavy (non-hydrogen) atoms. The number of nitrogens with zero attached hydrogens (tertiary/aromatic N) is 2. The van der Waals surface area contributed by atoms with E-state index in [0.29, 0.717) is 12.2 Å². The van der Waals surface area contributed by atoms with E-state index in [0.717, 1.165) is 36.8 Å². The highest BCUT2D eigenvalue weighted by Crippen LogP contribution is 2.38. The van der Waals surface area contributed by atoms with Crippen molar-refractivity contribution in [2.45, 2.75) is 78.0 Å². The second kappa shape index (κ2) is 9.13. The number of carbonyl (C=O) groups excluding carboxylic acids is 2. The summed E-state index contributed by atoms with van der Waals surface area (Å²) in [5.74, 6) is -0.975. The van der Waals surface area contributed by atoms with Gasteiger partial charge in [-0.15, -0.1) is 0 Å². The number of carbonyl (C=O) groups is 2. The van der Waals surface area contributed by atoms with Crippen LogP contribution in [0.3, 0.4) is 0 Å². The second-order valence-electron chi connectivity index (χ2n) is 8.26. The summed E-state index contributed by atoms with van der Waals surface area (Å²) in [7, 11) is 0. The van der Waals surface area contributed by atoms with Gasteiger partial charge in [-0.1, -0.05) is 49.1 Å². The third-order valence-electron chi connectivity index (χ3n) is 5.97. The average molecular weight is 413 g/mol. The lowest BCUT2D eigenvalue weighted by Gasteiger charge is -2.30. The van der Waals surface area contributed by atoms with E-state index in [-0.39, 0.29) is 29.8 Å². The van der Waals surface area contributed by atoms with Gasteiger partial charge in [0.15, 0.2) is 11.6 Å². The molecule has 6 nitrogen and oxygen atoms in total. The van der Waals surface area contributed by atoms with Gasteiger partial charge >= 0.3 is 5.97 Å². The van der Waals surface area contributed by atoms with E-state index in [9.17, 15) is 14.7 Å². The van der Waals surface area contributed by atoms with Gasteiger partial charge in [0.1, 0.15) is 0 Å². The Morgan fingerprint density at radius 1 is 1.17 bits per heavy atom. The molecule has 1 heterocycles. The molecule has 1 saturated carbocycles. The number of rotatable bonds is 6. The number of hydrogen-bond acceptors (Lipinski definition) is 5. The molecule has 0 saturated heterocycles. The Bertz CT molecular complexity index is 866. The van der Waals surface area contributed by atoms with Crippen LogP contribution in [0.4, 0.5) is 0 Å². The summed E-state index contributed by atoms with van der Waals surface area (Å²) in [5.41, 5.74) is 0.591. The lowest BCUT2D eigenvalue weighted by atomic mass is 9.90. The molecule has 1 aliphatic carbocycles. The maximum absolute atomic E-state index is 13.0. The van der Waals surface area contributed by atoms with Crippen molar-refractivity contribution in [2.75, 3.05) is 6.61 Å². The minimum atomic E-state index is -2.17. The number of aliphatic imine (C=N–C) groups is 1. The fraction of sp³-hybridized carbons (Fsp3) is 0.542. The Kier molecular flexibility index (Phi) is 6.76. The summed E-state index contributed by atoms with van der Waals surface area (Å²) >= 11 is 0. The van der Waals surface area contributed by atoms with Gasteiger partial charge in [-0.05, 0) is 46.1 Å². The maximum atomic E-state index is 13.0. The molecule has 0 bridgehead atoms. The molecule has 0 amide bonds. The Balaban J connectivity index is 2.10. The third-order valence-corrected chi connectivity index (χ3v) is 5.97. The number of amidine groups is 1. The predicted octanol–water partition coefficient (Wildman–Crippen LogP) is 3.70. The summed E-state index contributed by atoms with van der Waals surface area (Å²) in [4.78, 5) is 32.2. The minimum Gasteiger partial charge on any atom is -0.463 e. The van der Waals surface area contributed by atoms with Crippen molar-refractivity contribution in [1.29, 1.82) is 0 Å². The molecule has 1 fully saturated rings. The van der Waals surface area contributed by atoms with E-state index < -0.39 is 11.6 Å². The molecule has 1 N–H and O–H groups in total. The molecular weight excluding hydrogens is 380 g/mol. The lowest BCUT2D eigenvalue weighted by molar-refractivity contribution is -0.156. The number of aryl methyl sites for hydroxylation is 1. The highest BCUT2D eigenvalue weighted by Gasteiger charge is 2.57. The number of benzene rings is 1. The number of esters is 1. The van der Waals surface area contributed by atoms with Crippen molar-refractivity contribution in [3.05, 3.63) is 46.7 Å². The summed E-state index contributed by atoms with van der Waals surface area (Å²) in [5, 5.41) is 11.6. The molecule has 1 aromatic carbocycles. The first-order chi connectivity index (χ1) is 14.3. The first-order valence-corrected chi connectivity index (χ1v) is 10.8. The van der Waals surface area contributed by atoms with Crippen molar-refractivity contribution in [3.8, 4) is 0 Å². The van der Waals surface area contributed by atoms with Gasteiger partial charge in [-0.2, -0.15) is 0 Å². The SMILES string of the molecule is CCOC(=O)C1(O)C(=NC2CCCCC2)N(Cc2ccc(C)cc2)C(C)=C1C(C)=O. The van der Waals surface area contributed by atoms with E-state index in [1.165, 1.54) is 13.3 Å². The van der Waals surface area contributed by atoms with Gasteiger partial charge in [0, 0.05) is 12.2 Å². The van der Waals surface area contributed by atoms with Crippen LogP contribution in [0, 0.1) is 6.92 Å². The zero-order chi connectivity index (χ0) is 21.9. The number of aliphatic hydroxyl groups is 1. The Hall–Kier alpha value is -2.47. The summed E-state index contributed by atoms with van der Waals surface area (Å²) in [6.07, 6.45) is 5.14. The van der Waals surface area contributed by atoms with E-state index in [4.69, 9.17) is 9.73 Å². The highest BCUT2D eigenvalue weighted by atomic mass is 16.5. The van der Waals surface area contributed by atoms with Gasteiger partial charge < -0.3 is 14.7 Å². The molecule has 1 unspecified atom stereocenters. The number of hydrogen-bond donors (Lipinski definition) is 1. The molecular formula is C24H32N2O4. The molecule has 1 aromatic rings. The zero-order valence-corrected chi connectivity index (χ0v) is 18.4. The zero-order valence-electron chi connectivity index (χ0n) is 18.4. The molecule has 1 aliphatic heterocycles. The van der Waals surface area contributed by atoms with Crippen molar-refractivity contribution in [2.24, 2.45) is 4.99 Å². The van der Waals surface area contributed by atoms with E-state index >= 15 is 0 Å². The highest BCUT2D eigenvalue weighted by molar-refractivity contribution is 6.22. The second-order valence-corrected chi connectivity index (χ2v) is 8.26. The fourth-order valence-corrected chi connectivity index (χ4v) is 4.42. The first-order valence-electron chi connectivity index (χ1n) is 10.8. The van der Waals surface area contributed by atoms with Crippen molar-refractivity contribution >= 4 is 17.6 Å². The minimum absolute atomic E-state index is 0.0225. The monoisotopic (exact) mass is 412 g/mol. The lowest BCUT2D eigenvalue weighted by Crippen LogP contribution is -2.52. The van der Waals surface area contributed by atoms with E-state index in [1.807, 2.05) is 36.1 Å². The standard InChI is InChI=1S/C24H32N2O4/c1-5-30-23(28)24(29)21(18(4)27)17(3)26(15-19-13-11-16(2)12-14-19)22(24)25-20-9-7-6-8-10-20/h11-14,20,29H,5-10,15H2,1-4H3. The van der Waals surface area contributed by atoms with Crippen LogP contribution in [0.2, 0.25) is 0 Å². The summed E-state index contributed by atoms with van der Waals surface area (Å²) in [6, 6.07) is 8.08. The molecule has 0 spiro atoms. The quantitative estimate of drug-likeness (QED) is 0.721. The van der Waals surface area contributed by atoms with Crippen LogP contribution >= 0.6 is 0 Å². The van der Waals surface area contributed by atoms with Crippen LogP contribution in [0.15, 0.2) is 40.5 Å². The molecule has 1 atom stereocenters. The van der Waals surface area contributed by atoms with E-state index in [1.54, 1.807) is 13.8 Å². The Morgan fingerprint density at radius 2 is 1.80 bits per heavy atom. The van der Waals surface area contributed by atoms with Crippen LogP contribution in [-0.4, -0.2) is 45.8 Å². The van der Waals surface area contributed by atoms with E-state index in [2.05, 4.69) is 0 Å². The van der Waals surface area contributed by atoms with Gasteiger partial charge in [-0.3, -0.25) is 9.79 Å². The van der Waals surface area contributed by atoms with Crippen LogP contribution < -0.4 is 0 Å². The van der Waals surface area contributed by atoms with Crippen LogP contribution in [0.1, 0.15) is 64.0 Å². The van der Waals surface area contributed by atoms with Crippen molar-refractivity contribution in [1.82, 2.24) is 4.90 Å². The Labute approximate surface area is 178 Å². The van der Waals surface area contributed by atoms with Gasteiger partial charge in [0.25, 0.3) is 5.60 Å². The van der Waals surface area contributed by atoms with Crippen LogP contribution in [0.5, 0.6) is 0 Å². The largest absolute Gasteiger partial charge is 0.463 e. The topological polar surface area (TPSA) is 79.2 Å². The van der Waals surface area contributed by atoms with Gasteiger partial charge in [0.05, 0.1) is 18.2 Å². The molecule has 2 aliphatic rings. The number of allylic oxidation sites excluding steroid dienone is 1. The van der Waals surface area contributed by atoms with Crippen LogP contribution in [-0.2, 0) is 20.9 Å². The van der Waals surface area contributed by atoms with Gasteiger partial charge in [-0.25, -0.2) is 4.79 Å². The molecule has 162 valence electrons. The number of Topliss-reactive ketones (excluding diaryl/α,β-unsaturated/α-hetero) is 1. The number of ether oxygens (including phenoxy) is 1. The smallest absolute Gasteiger partial charge is 0.351 e. The number of ketones is 1. The summed E-state index contributed by atoms with van der Waals surface area (Å²) < 4.78 is 5.21. The molecule has 3 rings (SSSR count). The third kappa shape index (κ3) is 4.19. The van der Waals surface area contributed by atoms with Gasteiger partial charge in [0.2, 0.25) is 0 Å². The van der Waals surface area contributed by atoms with Crippen molar-refractivity contribution < 1.29 is 19.4 Å². The van der Waals surface area contributed by atoms with Crippen molar-refractivity contribution in [3.63, 3.8) is 0 Å². The maximum Gasteiger partial charge on any atom is 0.351 e. The average Bonchev–Trinajstić information content (AvgIpc) is 2.92. The van der Waals surface area contributed by atoms with Crippen LogP contribution in [0.25, 0.3) is 0 Å². The molecule has 6 heteroatoms. The molecule has 0 radical (unpaired) electrons. The normalized spacial score (nSPS) is 23.9. The fourth-order valence-electron chi connectivity index (χ4n) is 4.42. The Morgan fingerprint density at radius 3 is 2.37 bits per heavy atom. The summed E-state index contributed by atoms with van der Waals surface area (Å²) in [6.45, 7) is 7.36.